The zero-order chi connectivity index (χ0) is 44.2. The Balaban J connectivity index is 0.931. The molecular formula is C52H61N3O9. The molecule has 0 aromatic heterocycles. The van der Waals surface area contributed by atoms with Gasteiger partial charge in [-0.1, -0.05) is 104 Å². The number of nitrogens with zero attached hydrogens (tertiary/aromatic N) is 2. The average molecular weight is 872 g/mol. The number of hydrogen-bond acceptors (Lipinski definition) is 10. The van der Waals surface area contributed by atoms with Crippen LogP contribution in [-0.4, -0.2) is 107 Å². The number of epoxide rings is 1. The minimum absolute atomic E-state index is 0.0137. The predicted molar refractivity (Wildman–Crippen MR) is 236 cm³/mol. The van der Waals surface area contributed by atoms with Crippen LogP contribution in [0.15, 0.2) is 84.4 Å². The highest BCUT2D eigenvalue weighted by Crippen LogP contribution is 2.61. The van der Waals surface area contributed by atoms with Crippen LogP contribution in [-0.2, 0) is 64.0 Å². The van der Waals surface area contributed by atoms with Gasteiger partial charge < -0.3 is 34.3 Å². The highest BCUT2D eigenvalue weighted by Gasteiger charge is 2.77. The van der Waals surface area contributed by atoms with Crippen molar-refractivity contribution in [2.45, 2.75) is 139 Å². The van der Waals surface area contributed by atoms with E-state index in [0.717, 1.165) is 47.1 Å². The van der Waals surface area contributed by atoms with Crippen LogP contribution in [0.2, 0.25) is 0 Å². The molecule has 11 unspecified atom stereocenters. The van der Waals surface area contributed by atoms with Gasteiger partial charge in [0.1, 0.15) is 35.9 Å². The second kappa shape index (κ2) is 15.6. The normalized spacial score (nSPS) is 36.0. The third kappa shape index (κ3) is 6.97. The fourth-order valence-electron chi connectivity index (χ4n) is 13.1. The third-order valence-electron chi connectivity index (χ3n) is 16.5. The number of benzene rings is 3. The summed E-state index contributed by atoms with van der Waals surface area (Å²) in [7, 11) is 1.63. The molecule has 3 saturated carbocycles. The molecule has 12 heteroatoms. The number of amides is 2. The lowest BCUT2D eigenvalue weighted by atomic mass is 9.52. The molecule has 4 aliphatic carbocycles. The first-order chi connectivity index (χ1) is 30.8. The van der Waals surface area contributed by atoms with Crippen molar-refractivity contribution in [2.75, 3.05) is 20.2 Å². The van der Waals surface area contributed by atoms with Crippen LogP contribution in [0.1, 0.15) is 87.1 Å². The van der Waals surface area contributed by atoms with Crippen LogP contribution < -0.4 is 5.32 Å². The summed E-state index contributed by atoms with van der Waals surface area (Å²) in [6, 6.07) is 24.1. The lowest BCUT2D eigenvalue weighted by Crippen LogP contribution is -2.70. The molecule has 11 rings (SSSR count). The fourth-order valence-corrected chi connectivity index (χ4v) is 13.1. The predicted octanol–water partition coefficient (Wildman–Crippen LogP) is 5.72. The molecule has 4 heterocycles. The van der Waals surface area contributed by atoms with Crippen molar-refractivity contribution in [1.82, 2.24) is 15.3 Å². The average Bonchev–Trinajstić information content (AvgIpc) is 3.55. The zero-order valence-corrected chi connectivity index (χ0v) is 37.4. The maximum Gasteiger partial charge on any atom is 0.327 e. The van der Waals surface area contributed by atoms with Crippen LogP contribution in [0, 0.1) is 22.7 Å². The molecule has 2 bridgehead atoms. The topological polar surface area (TPSA) is 139 Å². The molecule has 2 N–H and O–H groups in total. The minimum atomic E-state index is -1.47. The summed E-state index contributed by atoms with van der Waals surface area (Å²) in [5.41, 5.74) is 5.49. The molecule has 4 saturated heterocycles. The van der Waals surface area contributed by atoms with E-state index in [1.54, 1.807) is 12.1 Å². The monoisotopic (exact) mass is 871 g/mol. The van der Waals surface area contributed by atoms with Crippen molar-refractivity contribution in [1.29, 1.82) is 0 Å². The molecule has 2 amide bonds. The number of likely N-dealkylation sites (N-methyl/N-ethyl adjacent to an activating group) is 1. The minimum Gasteiger partial charge on any atom is -0.458 e. The van der Waals surface area contributed by atoms with E-state index in [1.165, 1.54) is 23.3 Å². The van der Waals surface area contributed by atoms with Crippen LogP contribution in [0.4, 0.5) is 0 Å². The smallest absolute Gasteiger partial charge is 0.327 e. The van der Waals surface area contributed by atoms with E-state index in [4.69, 9.17) is 23.8 Å². The standard InChI is InChI=1S/C52H61N3O9/c1-49(2)28-37-34(17-18-41-50(3,61-41)20-19-38(37)49)24-32-13-10-14-33(23-32)30-55-44-47(58)60-40-29-52(44,48(59)54(4)39(46(57)53-21-22-56)25-31-11-6-5-7-12-31)45(64-55)43-42(40)62-51(63-43)26-35-15-8-9-16-36(35)27-51/h5-16,23-24,37-45,56H,17-22,25-30H2,1-4H3,(H,53,57). The van der Waals surface area contributed by atoms with Gasteiger partial charge in [0.25, 0.3) is 0 Å². The molecule has 1 spiro atoms. The summed E-state index contributed by atoms with van der Waals surface area (Å²) < 4.78 is 26.5. The molecule has 0 radical (unpaired) electrons. The number of carbonyl (C=O) groups is 3. The summed E-state index contributed by atoms with van der Waals surface area (Å²) in [6.45, 7) is 7.10. The Bertz CT molecular complexity index is 2340. The molecule has 338 valence electrons. The number of aliphatic hydroxyl groups excluding tert-OH is 1. The molecular weight excluding hydrogens is 811 g/mol. The van der Waals surface area contributed by atoms with Crippen molar-refractivity contribution < 1.29 is 43.3 Å². The van der Waals surface area contributed by atoms with E-state index >= 15 is 4.79 Å². The fraction of sp³-hybridized carbons (Fsp3) is 0.558. The number of hydrogen-bond donors (Lipinski definition) is 2. The summed E-state index contributed by atoms with van der Waals surface area (Å²) in [5.74, 6) is -1.18. The molecule has 4 aliphatic heterocycles. The molecule has 3 aromatic carbocycles. The lowest BCUT2D eigenvalue weighted by molar-refractivity contribution is -0.218. The van der Waals surface area contributed by atoms with Crippen LogP contribution in [0.5, 0.6) is 0 Å². The first-order valence-corrected chi connectivity index (χ1v) is 23.5. The third-order valence-corrected chi connectivity index (χ3v) is 16.5. The van der Waals surface area contributed by atoms with E-state index in [-0.39, 0.29) is 38.1 Å². The van der Waals surface area contributed by atoms with Gasteiger partial charge in [-0.25, -0.2) is 0 Å². The molecule has 12 nitrogen and oxygen atoms in total. The lowest BCUT2D eigenvalue weighted by Gasteiger charge is -2.53. The number of aliphatic hydroxyl groups is 1. The number of carbonyl (C=O) groups excluding carboxylic acids is 3. The van der Waals surface area contributed by atoms with Gasteiger partial charge in [0.15, 0.2) is 11.8 Å². The molecule has 3 aromatic rings. The van der Waals surface area contributed by atoms with E-state index < -0.39 is 65.5 Å². The second-order valence-electron chi connectivity index (χ2n) is 20.9. The van der Waals surface area contributed by atoms with E-state index in [1.807, 2.05) is 48.5 Å². The maximum absolute atomic E-state index is 15.7. The van der Waals surface area contributed by atoms with Crippen molar-refractivity contribution in [3.05, 3.63) is 112 Å². The van der Waals surface area contributed by atoms with Crippen LogP contribution in [0.25, 0.3) is 6.08 Å². The van der Waals surface area contributed by atoms with E-state index in [2.05, 4.69) is 62.5 Å². The number of allylic oxidation sites excluding steroid dienone is 1. The Hall–Kier alpha value is -4.43. The van der Waals surface area contributed by atoms with Gasteiger partial charge >= 0.3 is 5.97 Å². The first-order valence-electron chi connectivity index (χ1n) is 23.5. The van der Waals surface area contributed by atoms with Gasteiger partial charge in [0.2, 0.25) is 11.8 Å². The maximum atomic E-state index is 15.7. The number of esters is 1. The highest BCUT2D eigenvalue weighted by molar-refractivity contribution is 5.96. The summed E-state index contributed by atoms with van der Waals surface area (Å²) in [6.07, 6.45) is 6.54. The molecule has 11 atom stereocenters. The van der Waals surface area contributed by atoms with Crippen molar-refractivity contribution in [3.8, 4) is 0 Å². The van der Waals surface area contributed by atoms with Gasteiger partial charge in [-0.15, -0.1) is 0 Å². The quantitative estimate of drug-likeness (QED) is 0.192. The summed E-state index contributed by atoms with van der Waals surface area (Å²) in [4.78, 5) is 52.8. The Morgan fingerprint density at radius 3 is 2.41 bits per heavy atom. The van der Waals surface area contributed by atoms with Crippen molar-refractivity contribution in [2.24, 2.45) is 22.7 Å². The van der Waals surface area contributed by atoms with Gasteiger partial charge in [-0.3, -0.25) is 19.2 Å². The van der Waals surface area contributed by atoms with Crippen LogP contribution in [0.3, 0.4) is 0 Å². The van der Waals surface area contributed by atoms with Gasteiger partial charge in [-0.2, -0.15) is 5.06 Å². The van der Waals surface area contributed by atoms with E-state index in [9.17, 15) is 14.7 Å². The zero-order valence-electron chi connectivity index (χ0n) is 37.4. The Labute approximate surface area is 375 Å². The first kappa shape index (κ1) is 42.2. The van der Waals surface area contributed by atoms with Gasteiger partial charge in [-0.05, 0) is 84.1 Å². The SMILES string of the molecule is CN(C(=O)C12CC3OC(=O)C1N(Cc1cccc(C=C4CCC5OC5(C)CCC5C4CC5(C)C)c1)OC2C1OC2(Cc4ccccc4C2)OC31)C(Cc1ccccc1)C(=O)NCCO. The largest absolute Gasteiger partial charge is 0.458 e. The number of ether oxygens (including phenoxy) is 4. The highest BCUT2D eigenvalue weighted by atomic mass is 16.8. The summed E-state index contributed by atoms with van der Waals surface area (Å²) in [5, 5.41) is 14.1. The number of rotatable bonds is 10. The molecule has 8 aliphatic rings. The Kier molecular flexibility index (Phi) is 10.3. The van der Waals surface area contributed by atoms with Crippen molar-refractivity contribution >= 4 is 23.9 Å². The molecule has 64 heavy (non-hydrogen) atoms. The molecule has 7 fully saturated rings. The second-order valence-corrected chi connectivity index (χ2v) is 20.9. The number of fused-ring (bicyclic) bond motifs is 7. The number of nitrogens with one attached hydrogen (secondary N) is 1. The Morgan fingerprint density at radius 1 is 0.922 bits per heavy atom. The summed E-state index contributed by atoms with van der Waals surface area (Å²) >= 11 is 0. The number of hydroxylamine groups is 2. The van der Waals surface area contributed by atoms with Crippen molar-refractivity contribution in [3.63, 3.8) is 0 Å². The van der Waals surface area contributed by atoms with Crippen LogP contribution >= 0.6 is 0 Å². The van der Waals surface area contributed by atoms with Gasteiger partial charge in [0, 0.05) is 39.3 Å². The Morgan fingerprint density at radius 2 is 1.66 bits per heavy atom. The van der Waals surface area contributed by atoms with E-state index in [0.29, 0.717) is 36.2 Å². The van der Waals surface area contributed by atoms with Gasteiger partial charge in [0.05, 0.1) is 24.9 Å².